The number of alkyl halides is 3. The van der Waals surface area contributed by atoms with Gasteiger partial charge in [0.1, 0.15) is 0 Å². The number of rotatable bonds is 0. The van der Waals surface area contributed by atoms with E-state index in [2.05, 4.69) is 61.6 Å². The third-order valence-corrected chi connectivity index (χ3v) is 8.61. The minimum Gasteiger partial charge on any atom is -0.392 e. The van der Waals surface area contributed by atoms with Crippen molar-refractivity contribution in [2.24, 2.45) is 10.8 Å². The summed E-state index contributed by atoms with van der Waals surface area (Å²) in [5, 5.41) is 9.80. The maximum Gasteiger partial charge on any atom is 0.0925 e. The average molecular weight is 377 g/mol. The van der Waals surface area contributed by atoms with Crippen molar-refractivity contribution >= 4 is 47.8 Å². The lowest BCUT2D eigenvalue weighted by Gasteiger charge is -2.31. The smallest absolute Gasteiger partial charge is 0.0925 e. The van der Waals surface area contributed by atoms with Gasteiger partial charge in [0.2, 0.25) is 0 Å². The van der Waals surface area contributed by atoms with Gasteiger partial charge in [-0.3, -0.25) is 0 Å². The first-order valence-corrected chi connectivity index (χ1v) is 6.96. The molecule has 0 aromatic rings. The van der Waals surface area contributed by atoms with E-state index in [0.29, 0.717) is 0 Å². The normalized spacial score (nSPS) is 58.6. The van der Waals surface area contributed by atoms with Gasteiger partial charge >= 0.3 is 0 Å². The third-order valence-electron chi connectivity index (χ3n) is 4.18. The molecule has 0 aliphatic heterocycles. The summed E-state index contributed by atoms with van der Waals surface area (Å²) in [5.41, 5.74) is 0.442. The molecule has 0 amide bonds. The van der Waals surface area contributed by atoms with E-state index in [4.69, 9.17) is 0 Å². The van der Waals surface area contributed by atoms with Crippen LogP contribution in [-0.2, 0) is 0 Å². The molecule has 2 fully saturated rings. The van der Waals surface area contributed by atoms with E-state index in [1.165, 1.54) is 0 Å². The van der Waals surface area contributed by atoms with Crippen molar-refractivity contribution in [2.45, 2.75) is 40.9 Å². The molecule has 0 radical (unpaired) electrons. The fraction of sp³-hybridized carbons (Fsp3) is 1.00. The van der Waals surface area contributed by atoms with Gasteiger partial charge in [0.25, 0.3) is 0 Å². The molecule has 2 rings (SSSR count). The van der Waals surface area contributed by atoms with Crippen molar-refractivity contribution in [1.82, 2.24) is 0 Å². The van der Waals surface area contributed by atoms with E-state index < -0.39 is 0 Å². The standard InChI is InChI=1S/C9H13Br3O/c1-7-3-5(10)6(13)4-8(7,2)9(7,11)12/h5-6,13H,3-4H2,1-2H3/t5-,6-,7+,8-/m0/s1. The predicted octanol–water partition coefficient (Wildman–Crippen LogP) is 3.42. The van der Waals surface area contributed by atoms with Gasteiger partial charge in [-0.1, -0.05) is 61.6 Å². The maximum atomic E-state index is 9.80. The number of aliphatic hydroxyl groups excluding tert-OH is 1. The fourth-order valence-electron chi connectivity index (χ4n) is 2.73. The summed E-state index contributed by atoms with van der Waals surface area (Å²) in [6, 6.07) is 0. The first-order valence-electron chi connectivity index (χ1n) is 4.46. The van der Waals surface area contributed by atoms with Crippen LogP contribution in [0.4, 0.5) is 0 Å². The van der Waals surface area contributed by atoms with Crippen LogP contribution in [0.25, 0.3) is 0 Å². The molecule has 4 atom stereocenters. The molecule has 0 saturated heterocycles. The zero-order chi connectivity index (χ0) is 10.1. The van der Waals surface area contributed by atoms with Gasteiger partial charge in [-0.2, -0.15) is 0 Å². The Morgan fingerprint density at radius 2 is 1.62 bits per heavy atom. The number of hydrogen-bond acceptors (Lipinski definition) is 1. The second-order valence-electron chi connectivity index (χ2n) is 4.73. The lowest BCUT2D eigenvalue weighted by molar-refractivity contribution is 0.0888. The minimum absolute atomic E-state index is 0.0174. The monoisotopic (exact) mass is 374 g/mol. The maximum absolute atomic E-state index is 9.80. The highest BCUT2D eigenvalue weighted by Gasteiger charge is 2.81. The number of aliphatic hydroxyl groups is 1. The van der Waals surface area contributed by atoms with Crippen LogP contribution in [-0.4, -0.2) is 19.3 Å². The van der Waals surface area contributed by atoms with Gasteiger partial charge in [0, 0.05) is 15.7 Å². The molecular formula is C9H13Br3O. The molecule has 0 spiro atoms. The lowest BCUT2D eigenvalue weighted by Crippen LogP contribution is -2.33. The van der Waals surface area contributed by atoms with Crippen molar-refractivity contribution in [3.8, 4) is 0 Å². The summed E-state index contributed by atoms with van der Waals surface area (Å²) in [4.78, 5) is 0.238. The van der Waals surface area contributed by atoms with Crippen molar-refractivity contribution in [2.75, 3.05) is 0 Å². The first kappa shape index (κ1) is 10.9. The number of halogens is 3. The Labute approximate surface area is 104 Å². The minimum atomic E-state index is -0.213. The summed E-state index contributed by atoms with van der Waals surface area (Å²) in [7, 11) is 0. The highest BCUT2D eigenvalue weighted by molar-refractivity contribution is 9.25. The van der Waals surface area contributed by atoms with Gasteiger partial charge in [0.05, 0.1) is 9.34 Å². The van der Waals surface area contributed by atoms with Crippen molar-refractivity contribution in [1.29, 1.82) is 0 Å². The van der Waals surface area contributed by atoms with E-state index in [1.807, 2.05) is 0 Å². The zero-order valence-corrected chi connectivity index (χ0v) is 12.4. The van der Waals surface area contributed by atoms with E-state index >= 15 is 0 Å². The number of hydrogen-bond donors (Lipinski definition) is 1. The Balaban J connectivity index is 2.31. The lowest BCUT2D eigenvalue weighted by atomic mass is 9.80. The second kappa shape index (κ2) is 2.74. The molecule has 1 nitrogen and oxygen atoms in total. The van der Waals surface area contributed by atoms with Gasteiger partial charge in [-0.05, 0) is 12.8 Å². The highest BCUT2D eigenvalue weighted by Crippen LogP contribution is 2.84. The van der Waals surface area contributed by atoms with Crippen molar-refractivity contribution in [3.05, 3.63) is 0 Å². The van der Waals surface area contributed by atoms with Crippen LogP contribution < -0.4 is 0 Å². The molecule has 76 valence electrons. The van der Waals surface area contributed by atoms with Gasteiger partial charge < -0.3 is 5.11 Å². The van der Waals surface area contributed by atoms with E-state index in [0.717, 1.165) is 12.8 Å². The SMILES string of the molecule is C[C@@]12C[C@H](Br)[C@@H](O)C[C@]1(C)C2(Br)Br. The third kappa shape index (κ3) is 1.07. The second-order valence-corrected chi connectivity index (χ2v) is 9.35. The molecule has 13 heavy (non-hydrogen) atoms. The highest BCUT2D eigenvalue weighted by atomic mass is 79.9. The van der Waals surface area contributed by atoms with Crippen LogP contribution in [0.5, 0.6) is 0 Å². The Morgan fingerprint density at radius 1 is 1.15 bits per heavy atom. The predicted molar refractivity (Wildman–Crippen MR) is 64.8 cm³/mol. The van der Waals surface area contributed by atoms with Crippen LogP contribution in [0.2, 0.25) is 0 Å². The fourth-order valence-corrected chi connectivity index (χ4v) is 5.76. The molecule has 0 unspecified atom stereocenters. The molecule has 2 saturated carbocycles. The van der Waals surface area contributed by atoms with Crippen molar-refractivity contribution in [3.63, 3.8) is 0 Å². The molecule has 0 heterocycles. The average Bonchev–Trinajstić information content (AvgIpc) is 2.30. The van der Waals surface area contributed by atoms with Crippen LogP contribution >= 0.6 is 47.8 Å². The molecular weight excluding hydrogens is 364 g/mol. The topological polar surface area (TPSA) is 20.2 Å². The summed E-state index contributed by atoms with van der Waals surface area (Å²) in [5.74, 6) is 0. The quantitative estimate of drug-likeness (QED) is 0.642. The molecule has 2 aliphatic carbocycles. The summed E-state index contributed by atoms with van der Waals surface area (Å²) < 4.78 is 0.0174. The summed E-state index contributed by atoms with van der Waals surface area (Å²) in [6.07, 6.45) is 1.66. The summed E-state index contributed by atoms with van der Waals surface area (Å²) >= 11 is 11.0. The van der Waals surface area contributed by atoms with Crippen LogP contribution in [0.3, 0.4) is 0 Å². The van der Waals surface area contributed by atoms with E-state index in [-0.39, 0.29) is 25.0 Å². The first-order chi connectivity index (χ1) is 5.76. The number of fused-ring (bicyclic) bond motifs is 1. The van der Waals surface area contributed by atoms with Gasteiger partial charge in [0.15, 0.2) is 0 Å². The summed E-state index contributed by atoms with van der Waals surface area (Å²) in [6.45, 7) is 4.51. The molecule has 0 bridgehead atoms. The Kier molecular flexibility index (Phi) is 2.30. The van der Waals surface area contributed by atoms with Gasteiger partial charge in [-0.25, -0.2) is 0 Å². The van der Waals surface area contributed by atoms with Crippen LogP contribution in [0, 0.1) is 10.8 Å². The van der Waals surface area contributed by atoms with Crippen molar-refractivity contribution < 1.29 is 5.11 Å². The van der Waals surface area contributed by atoms with Crippen LogP contribution in [0.1, 0.15) is 26.7 Å². The largest absolute Gasteiger partial charge is 0.392 e. The van der Waals surface area contributed by atoms with Gasteiger partial charge in [-0.15, -0.1) is 0 Å². The Morgan fingerprint density at radius 3 is 2.08 bits per heavy atom. The van der Waals surface area contributed by atoms with E-state index in [9.17, 15) is 5.11 Å². The molecule has 4 heteroatoms. The zero-order valence-electron chi connectivity index (χ0n) is 7.65. The Hall–Kier alpha value is 1.40. The van der Waals surface area contributed by atoms with E-state index in [1.54, 1.807) is 0 Å². The molecule has 1 N–H and O–H groups in total. The molecule has 2 aliphatic rings. The molecule has 0 aromatic carbocycles. The van der Waals surface area contributed by atoms with Crippen LogP contribution in [0.15, 0.2) is 0 Å². The molecule has 0 aromatic heterocycles. The Bertz CT molecular complexity index is 231.